The number of carbonyl (C=O) groups excluding carboxylic acids is 1. The van der Waals surface area contributed by atoms with E-state index < -0.39 is 0 Å². The number of rotatable bonds is 3. The lowest BCUT2D eigenvalue weighted by Crippen LogP contribution is -2.28. The Balaban J connectivity index is 2.33. The Hall–Kier alpha value is -1.46. The van der Waals surface area contributed by atoms with Gasteiger partial charge >= 0.3 is 0 Å². The second-order valence-electron chi connectivity index (χ2n) is 4.13. The molecule has 0 aromatic heterocycles. The van der Waals surface area contributed by atoms with Gasteiger partial charge in [0.1, 0.15) is 5.75 Å². The number of benzene rings is 1. The maximum atomic E-state index is 12.3. The molecule has 1 amide bonds. The molecule has 1 fully saturated rings. The van der Waals surface area contributed by atoms with Crippen LogP contribution in [0.15, 0.2) is 28.1 Å². The zero-order valence-electron chi connectivity index (χ0n) is 11.3. The molecule has 0 spiro atoms. The van der Waals surface area contributed by atoms with Crippen molar-refractivity contribution in [2.24, 2.45) is 4.99 Å². The molecule has 0 unspecified atom stereocenters. The number of halogens is 1. The second-order valence-corrected chi connectivity index (χ2v) is 5.54. The lowest BCUT2D eigenvalue weighted by atomic mass is 10.2. The number of hydrogen-bond donors (Lipinski definition) is 1. The van der Waals surface area contributed by atoms with Gasteiger partial charge in [-0.3, -0.25) is 14.7 Å². The third-order valence-corrected chi connectivity index (χ3v) is 4.11. The monoisotopic (exact) mass is 310 g/mol. The summed E-state index contributed by atoms with van der Waals surface area (Å²) in [5.74, 6) is -0.0171. The van der Waals surface area contributed by atoms with Gasteiger partial charge in [0, 0.05) is 13.1 Å². The lowest BCUT2D eigenvalue weighted by molar-refractivity contribution is -0.122. The summed E-state index contributed by atoms with van der Waals surface area (Å²) in [6.07, 6.45) is 1.76. The van der Waals surface area contributed by atoms with E-state index in [2.05, 4.69) is 4.99 Å². The summed E-state index contributed by atoms with van der Waals surface area (Å²) in [6, 6.07) is 4.85. The van der Waals surface area contributed by atoms with E-state index in [1.165, 1.54) is 17.8 Å². The maximum Gasteiger partial charge on any atom is 0.266 e. The van der Waals surface area contributed by atoms with Crippen LogP contribution in [0.4, 0.5) is 0 Å². The number of hydrogen-bond acceptors (Lipinski definition) is 4. The van der Waals surface area contributed by atoms with Crippen LogP contribution >= 0.6 is 23.4 Å². The highest BCUT2D eigenvalue weighted by Gasteiger charge is 2.31. The van der Waals surface area contributed by atoms with Crippen LogP contribution in [0.1, 0.15) is 19.4 Å². The Morgan fingerprint density at radius 3 is 2.80 bits per heavy atom. The van der Waals surface area contributed by atoms with E-state index >= 15 is 0 Å². The highest BCUT2D eigenvalue weighted by molar-refractivity contribution is 8.18. The summed E-state index contributed by atoms with van der Waals surface area (Å²) in [5, 5.41) is 10.4. The number of aliphatic imine (C=N–C) groups is 1. The van der Waals surface area contributed by atoms with Gasteiger partial charge in [-0.05, 0) is 49.4 Å². The minimum absolute atomic E-state index is 0.0302. The van der Waals surface area contributed by atoms with E-state index in [0.29, 0.717) is 18.0 Å². The first-order valence-electron chi connectivity index (χ1n) is 6.31. The highest BCUT2D eigenvalue weighted by Crippen LogP contribution is 2.33. The summed E-state index contributed by atoms with van der Waals surface area (Å²) in [5.41, 5.74) is 0.775. The fourth-order valence-corrected chi connectivity index (χ4v) is 3.10. The molecule has 0 radical (unpaired) electrons. The lowest BCUT2D eigenvalue weighted by Gasteiger charge is -2.11. The average molecular weight is 311 g/mol. The third kappa shape index (κ3) is 2.99. The number of aromatic hydroxyl groups is 1. The summed E-state index contributed by atoms with van der Waals surface area (Å²) >= 11 is 7.23. The van der Waals surface area contributed by atoms with Crippen LogP contribution in [0.2, 0.25) is 5.02 Å². The van der Waals surface area contributed by atoms with Gasteiger partial charge in [0.05, 0.1) is 9.93 Å². The van der Waals surface area contributed by atoms with E-state index in [4.69, 9.17) is 11.6 Å². The first-order chi connectivity index (χ1) is 9.56. The second kappa shape index (κ2) is 6.33. The molecule has 0 aliphatic carbocycles. The van der Waals surface area contributed by atoms with Crippen LogP contribution in [0, 0.1) is 0 Å². The molecule has 1 aliphatic rings. The number of phenolic OH excluding ortho intramolecular Hbond substituents is 1. The minimum atomic E-state index is -0.0473. The van der Waals surface area contributed by atoms with Gasteiger partial charge < -0.3 is 5.11 Å². The fraction of sp³-hybridized carbons (Fsp3) is 0.286. The van der Waals surface area contributed by atoms with Crippen LogP contribution in [0.25, 0.3) is 6.08 Å². The first kappa shape index (κ1) is 14.9. The molecule has 2 rings (SSSR count). The van der Waals surface area contributed by atoms with Crippen molar-refractivity contribution in [2.45, 2.75) is 13.8 Å². The molecule has 0 atom stereocenters. The van der Waals surface area contributed by atoms with Gasteiger partial charge in [-0.1, -0.05) is 17.7 Å². The Morgan fingerprint density at radius 2 is 2.20 bits per heavy atom. The Labute approximate surface area is 127 Å². The van der Waals surface area contributed by atoms with Crippen molar-refractivity contribution in [1.82, 2.24) is 4.90 Å². The zero-order chi connectivity index (χ0) is 14.7. The van der Waals surface area contributed by atoms with Crippen molar-refractivity contribution in [2.75, 3.05) is 13.1 Å². The van der Waals surface area contributed by atoms with Gasteiger partial charge in [0.15, 0.2) is 5.17 Å². The molecule has 4 nitrogen and oxygen atoms in total. The minimum Gasteiger partial charge on any atom is -0.506 e. The van der Waals surface area contributed by atoms with Crippen LogP contribution in [-0.2, 0) is 4.79 Å². The Kier molecular flexibility index (Phi) is 4.73. The van der Waals surface area contributed by atoms with Crippen LogP contribution in [-0.4, -0.2) is 34.2 Å². The largest absolute Gasteiger partial charge is 0.506 e. The number of nitrogens with zero attached hydrogens (tertiary/aromatic N) is 2. The zero-order valence-corrected chi connectivity index (χ0v) is 12.8. The van der Waals surface area contributed by atoms with Crippen molar-refractivity contribution < 1.29 is 9.90 Å². The van der Waals surface area contributed by atoms with Crippen molar-refractivity contribution in [3.05, 3.63) is 33.7 Å². The number of amidine groups is 1. The van der Waals surface area contributed by atoms with Gasteiger partial charge in [-0.15, -0.1) is 0 Å². The Bertz CT molecular complexity index is 599. The third-order valence-electron chi connectivity index (χ3n) is 2.77. The number of amides is 1. The van der Waals surface area contributed by atoms with Crippen LogP contribution < -0.4 is 0 Å². The molecule has 20 heavy (non-hydrogen) atoms. The Morgan fingerprint density at radius 1 is 1.45 bits per heavy atom. The summed E-state index contributed by atoms with van der Waals surface area (Å²) in [4.78, 5) is 18.8. The van der Waals surface area contributed by atoms with Crippen LogP contribution in [0.3, 0.4) is 0 Å². The topological polar surface area (TPSA) is 52.9 Å². The molecular formula is C14H15ClN2O2S. The normalized spacial score (nSPS) is 19.4. The summed E-state index contributed by atoms with van der Waals surface area (Å²) in [7, 11) is 0. The van der Waals surface area contributed by atoms with Crippen molar-refractivity contribution >= 4 is 40.5 Å². The van der Waals surface area contributed by atoms with E-state index in [0.717, 1.165) is 10.7 Å². The van der Waals surface area contributed by atoms with E-state index in [1.807, 2.05) is 13.8 Å². The van der Waals surface area contributed by atoms with E-state index in [-0.39, 0.29) is 16.7 Å². The molecule has 1 heterocycles. The SMILES string of the molecule is CCN=C1S/C(=C\c2ccc(O)c(Cl)c2)C(=O)N1CC. The van der Waals surface area contributed by atoms with E-state index in [9.17, 15) is 9.90 Å². The molecule has 1 N–H and O–H groups in total. The fourth-order valence-electron chi connectivity index (χ4n) is 1.80. The molecule has 1 saturated heterocycles. The van der Waals surface area contributed by atoms with Gasteiger partial charge in [-0.2, -0.15) is 0 Å². The van der Waals surface area contributed by atoms with Gasteiger partial charge in [0.2, 0.25) is 0 Å². The predicted octanol–water partition coefficient (Wildman–Crippen LogP) is 3.36. The standard InChI is InChI=1S/C14H15ClN2O2S/c1-3-16-14-17(4-2)13(19)12(20-14)8-9-5-6-11(18)10(15)7-9/h5-8,18H,3-4H2,1-2H3/b12-8-,16-14?. The van der Waals surface area contributed by atoms with Crippen molar-refractivity contribution in [3.8, 4) is 5.75 Å². The number of thioether (sulfide) groups is 1. The average Bonchev–Trinajstić information content (AvgIpc) is 2.70. The number of carbonyl (C=O) groups is 1. The number of likely N-dealkylation sites (N-methyl/N-ethyl adjacent to an activating group) is 1. The molecule has 1 aromatic rings. The highest BCUT2D eigenvalue weighted by atomic mass is 35.5. The molecule has 1 aliphatic heterocycles. The first-order valence-corrected chi connectivity index (χ1v) is 7.50. The van der Waals surface area contributed by atoms with Gasteiger partial charge in [0.25, 0.3) is 5.91 Å². The van der Waals surface area contributed by atoms with E-state index in [1.54, 1.807) is 23.1 Å². The molecular weight excluding hydrogens is 296 g/mol. The van der Waals surface area contributed by atoms with Gasteiger partial charge in [-0.25, -0.2) is 0 Å². The molecule has 106 valence electrons. The molecule has 6 heteroatoms. The maximum absolute atomic E-state index is 12.3. The summed E-state index contributed by atoms with van der Waals surface area (Å²) in [6.45, 7) is 5.10. The van der Waals surface area contributed by atoms with Crippen molar-refractivity contribution in [3.63, 3.8) is 0 Å². The van der Waals surface area contributed by atoms with Crippen molar-refractivity contribution in [1.29, 1.82) is 0 Å². The van der Waals surface area contributed by atoms with Crippen LogP contribution in [0.5, 0.6) is 5.75 Å². The molecule has 0 saturated carbocycles. The summed E-state index contributed by atoms with van der Waals surface area (Å²) < 4.78 is 0. The smallest absolute Gasteiger partial charge is 0.266 e. The molecule has 1 aromatic carbocycles. The predicted molar refractivity (Wildman–Crippen MR) is 84.0 cm³/mol. The molecule has 0 bridgehead atoms. The quantitative estimate of drug-likeness (QED) is 0.871. The number of phenols is 1.